The van der Waals surface area contributed by atoms with Gasteiger partial charge in [0.05, 0.1) is 0 Å². The lowest BCUT2D eigenvalue weighted by atomic mass is 9.94. The maximum Gasteiger partial charge on any atom is 0.411 e. The van der Waals surface area contributed by atoms with Crippen molar-refractivity contribution in [1.29, 1.82) is 0 Å². The zero-order valence-corrected chi connectivity index (χ0v) is 10.6. The van der Waals surface area contributed by atoms with E-state index in [0.29, 0.717) is 5.56 Å². The zero-order chi connectivity index (χ0) is 13.4. The van der Waals surface area contributed by atoms with Crippen molar-refractivity contribution < 1.29 is 17.9 Å². The number of fused-ring (bicyclic) bond motifs is 1. The Morgan fingerprint density at radius 1 is 1.22 bits per heavy atom. The van der Waals surface area contributed by atoms with Gasteiger partial charge in [0.15, 0.2) is 4.33 Å². The second-order valence-corrected chi connectivity index (χ2v) is 5.30. The van der Waals surface area contributed by atoms with Crippen molar-refractivity contribution >= 4 is 29.3 Å². The fourth-order valence-corrected chi connectivity index (χ4v) is 2.37. The van der Waals surface area contributed by atoms with E-state index in [1.54, 1.807) is 30.3 Å². The number of hydrogen-bond acceptors (Lipinski definition) is 1. The van der Waals surface area contributed by atoms with Crippen LogP contribution in [0.2, 0.25) is 0 Å². The van der Waals surface area contributed by atoms with Crippen molar-refractivity contribution in [1.82, 2.24) is 0 Å². The van der Waals surface area contributed by atoms with Crippen LogP contribution in [0.3, 0.4) is 0 Å². The van der Waals surface area contributed by atoms with Crippen molar-refractivity contribution in [3.05, 3.63) is 41.5 Å². The Morgan fingerprint density at radius 2 is 1.89 bits per heavy atom. The van der Waals surface area contributed by atoms with Crippen LogP contribution in [0, 0.1) is 0 Å². The molecule has 0 saturated carbocycles. The molecule has 1 unspecified atom stereocenters. The molecular formula is C12H9Cl2F3O. The maximum absolute atomic E-state index is 12.1. The summed E-state index contributed by atoms with van der Waals surface area (Å²) >= 11 is 12.2. The van der Waals surface area contributed by atoms with E-state index in [4.69, 9.17) is 27.9 Å². The van der Waals surface area contributed by atoms with E-state index in [1.807, 2.05) is 0 Å². The number of hydrogen-bond donors (Lipinski definition) is 0. The van der Waals surface area contributed by atoms with Gasteiger partial charge < -0.3 is 4.74 Å². The van der Waals surface area contributed by atoms with Crippen LogP contribution in [0.4, 0.5) is 13.2 Å². The molecule has 98 valence electrons. The molecule has 1 aromatic rings. The first-order valence-electron chi connectivity index (χ1n) is 5.14. The van der Waals surface area contributed by atoms with E-state index < -0.39 is 23.2 Å². The van der Waals surface area contributed by atoms with E-state index in [0.717, 1.165) is 5.56 Å². The summed E-state index contributed by atoms with van der Waals surface area (Å²) in [6.07, 6.45) is -2.35. The molecule has 1 aromatic carbocycles. The van der Waals surface area contributed by atoms with Gasteiger partial charge in [-0.05, 0) is 11.1 Å². The van der Waals surface area contributed by atoms with E-state index in [2.05, 4.69) is 0 Å². The summed E-state index contributed by atoms with van der Waals surface area (Å²) in [5.41, 5.74) is 1.32. The summed E-state index contributed by atoms with van der Waals surface area (Å²) in [7, 11) is 0. The van der Waals surface area contributed by atoms with E-state index in [-0.39, 0.29) is 0 Å². The lowest BCUT2D eigenvalue weighted by molar-refractivity contribution is -0.182. The predicted octanol–water partition coefficient (Wildman–Crippen LogP) is 4.29. The van der Waals surface area contributed by atoms with Gasteiger partial charge in [0.2, 0.25) is 0 Å². The molecule has 1 atom stereocenters. The number of ether oxygens (including phenoxy) is 1. The Bertz CT molecular complexity index is 469. The molecule has 0 spiro atoms. The highest BCUT2D eigenvalue weighted by Gasteiger charge is 2.41. The van der Waals surface area contributed by atoms with Gasteiger partial charge in [-0.2, -0.15) is 13.2 Å². The number of rotatable bonds is 2. The lowest BCUT2D eigenvalue weighted by Crippen LogP contribution is -2.35. The number of benzene rings is 1. The van der Waals surface area contributed by atoms with E-state index in [1.165, 1.54) is 6.08 Å². The minimum Gasteiger partial charge on any atom is -0.361 e. The molecule has 0 amide bonds. The van der Waals surface area contributed by atoms with Crippen molar-refractivity contribution in [2.45, 2.75) is 16.6 Å². The molecule has 0 N–H and O–H groups in total. The highest BCUT2D eigenvalue weighted by Crippen LogP contribution is 2.44. The van der Waals surface area contributed by atoms with Crippen LogP contribution in [-0.4, -0.2) is 18.9 Å². The molecule has 1 aliphatic carbocycles. The second kappa shape index (κ2) is 4.76. The first-order chi connectivity index (χ1) is 8.31. The molecule has 2 rings (SSSR count). The molecule has 1 aliphatic rings. The van der Waals surface area contributed by atoms with Crippen molar-refractivity contribution in [3.8, 4) is 0 Å². The summed E-state index contributed by atoms with van der Waals surface area (Å²) in [5, 5.41) is 0. The average molecular weight is 297 g/mol. The van der Waals surface area contributed by atoms with Crippen LogP contribution >= 0.6 is 23.2 Å². The smallest absolute Gasteiger partial charge is 0.361 e. The molecule has 0 fully saturated rings. The van der Waals surface area contributed by atoms with Crippen molar-refractivity contribution in [2.75, 3.05) is 6.61 Å². The first kappa shape index (κ1) is 13.7. The quantitative estimate of drug-likeness (QED) is 0.740. The lowest BCUT2D eigenvalue weighted by Gasteiger charge is -2.32. The molecule has 0 radical (unpaired) electrons. The third kappa shape index (κ3) is 2.82. The van der Waals surface area contributed by atoms with Gasteiger partial charge in [0.25, 0.3) is 0 Å². The molecule has 18 heavy (non-hydrogen) atoms. The third-order valence-corrected chi connectivity index (χ3v) is 3.39. The average Bonchev–Trinajstić information content (AvgIpc) is 2.27. The summed E-state index contributed by atoms with van der Waals surface area (Å²) in [6.45, 7) is -1.38. The molecule has 0 aliphatic heterocycles. The van der Waals surface area contributed by atoms with Crippen LogP contribution in [0.25, 0.3) is 6.08 Å². The summed E-state index contributed by atoms with van der Waals surface area (Å²) in [4.78, 5) is 0. The van der Waals surface area contributed by atoms with Gasteiger partial charge in [-0.3, -0.25) is 0 Å². The third-order valence-electron chi connectivity index (χ3n) is 2.55. The van der Waals surface area contributed by atoms with Gasteiger partial charge in [-0.25, -0.2) is 0 Å². The van der Waals surface area contributed by atoms with Gasteiger partial charge in [-0.15, -0.1) is 0 Å². The summed E-state index contributed by atoms with van der Waals surface area (Å²) in [5.74, 6) is 0. The standard InChI is InChI=1S/C12H9Cl2F3O/c13-12(14)9-4-2-1-3-8(9)5-6-10(12)18-7-11(15,16)17/h1-6,10H,7H2. The van der Waals surface area contributed by atoms with E-state index >= 15 is 0 Å². The number of alkyl halides is 5. The highest BCUT2D eigenvalue weighted by molar-refractivity contribution is 6.49. The van der Waals surface area contributed by atoms with Gasteiger partial charge in [0, 0.05) is 0 Å². The van der Waals surface area contributed by atoms with Gasteiger partial charge in [-0.1, -0.05) is 59.6 Å². The SMILES string of the molecule is FC(F)(F)COC1C=Cc2ccccc2C1(Cl)Cl. The molecule has 0 bridgehead atoms. The zero-order valence-electron chi connectivity index (χ0n) is 9.05. The Balaban J connectivity index is 2.22. The maximum atomic E-state index is 12.1. The summed E-state index contributed by atoms with van der Waals surface area (Å²) < 4.78 is 39.6. The first-order valence-corrected chi connectivity index (χ1v) is 5.90. The molecule has 1 nitrogen and oxygen atoms in total. The minimum atomic E-state index is -4.41. The van der Waals surface area contributed by atoms with Crippen LogP contribution < -0.4 is 0 Å². The fraction of sp³-hybridized carbons (Fsp3) is 0.333. The normalized spacial score (nSPS) is 21.7. The molecule has 0 saturated heterocycles. The molecule has 0 aromatic heterocycles. The topological polar surface area (TPSA) is 9.23 Å². The Labute approximate surface area is 112 Å². The summed E-state index contributed by atoms with van der Waals surface area (Å²) in [6, 6.07) is 6.97. The minimum absolute atomic E-state index is 0.544. The fourth-order valence-electron chi connectivity index (χ4n) is 1.76. The molecular weight excluding hydrogens is 288 g/mol. The van der Waals surface area contributed by atoms with Crippen LogP contribution in [0.15, 0.2) is 30.3 Å². The predicted molar refractivity (Wildman–Crippen MR) is 64.7 cm³/mol. The Hall–Kier alpha value is -0.710. The van der Waals surface area contributed by atoms with Crippen molar-refractivity contribution in [3.63, 3.8) is 0 Å². The van der Waals surface area contributed by atoms with Crippen molar-refractivity contribution in [2.24, 2.45) is 0 Å². The van der Waals surface area contributed by atoms with E-state index in [9.17, 15) is 13.2 Å². The largest absolute Gasteiger partial charge is 0.411 e. The van der Waals surface area contributed by atoms with Crippen LogP contribution in [0.1, 0.15) is 11.1 Å². The van der Waals surface area contributed by atoms with Gasteiger partial charge in [0.1, 0.15) is 12.7 Å². The number of halogens is 5. The second-order valence-electron chi connectivity index (χ2n) is 3.92. The molecule has 6 heteroatoms. The van der Waals surface area contributed by atoms with Crippen LogP contribution in [0.5, 0.6) is 0 Å². The van der Waals surface area contributed by atoms with Crippen LogP contribution in [-0.2, 0) is 9.07 Å². The Morgan fingerprint density at radius 3 is 2.56 bits per heavy atom. The monoisotopic (exact) mass is 296 g/mol. The Kier molecular flexibility index (Phi) is 3.63. The highest BCUT2D eigenvalue weighted by atomic mass is 35.5. The van der Waals surface area contributed by atoms with Gasteiger partial charge >= 0.3 is 6.18 Å². The molecule has 0 heterocycles.